The van der Waals surface area contributed by atoms with E-state index < -0.39 is 29.8 Å². The van der Waals surface area contributed by atoms with Gasteiger partial charge in [-0.1, -0.05) is 18.2 Å². The molecule has 31 heavy (non-hydrogen) atoms. The quantitative estimate of drug-likeness (QED) is 0.665. The number of likely N-dealkylation sites (tertiary alicyclic amines) is 1. The maximum Gasteiger partial charge on any atom is 0.411 e. The van der Waals surface area contributed by atoms with Crippen LogP contribution in [0.1, 0.15) is 27.2 Å². The number of carbonyl (C=O) groups is 2. The van der Waals surface area contributed by atoms with E-state index in [4.69, 9.17) is 13.9 Å². The van der Waals surface area contributed by atoms with Crippen LogP contribution in [0.3, 0.4) is 0 Å². The fourth-order valence-corrected chi connectivity index (χ4v) is 3.61. The number of rotatable bonds is 4. The van der Waals surface area contributed by atoms with Crippen molar-refractivity contribution in [2.45, 2.75) is 44.9 Å². The molecule has 4 rings (SSSR count). The Bertz CT molecular complexity index is 1100. The predicted molar refractivity (Wildman–Crippen MR) is 113 cm³/mol. The SMILES string of the molecule is CC(C)(C)OC(=O)N1C[C@H](Oc2nc(-c3ccoc3)cc3ccccc23)C[C@H]1C(=O)O. The minimum absolute atomic E-state index is 0.0951. The van der Waals surface area contributed by atoms with E-state index in [2.05, 4.69) is 4.98 Å². The molecule has 2 aromatic heterocycles. The van der Waals surface area contributed by atoms with E-state index in [0.717, 1.165) is 16.3 Å². The standard InChI is InChI=1S/C23H24N2O6/c1-23(2,3)31-22(28)25-12-16(11-19(25)21(26)27)30-20-17-7-5-4-6-14(17)10-18(24-20)15-8-9-29-13-15/h4-10,13,16,19H,11-12H2,1-3H3,(H,26,27)/t16-,19+/m1/s1. The number of pyridine rings is 1. The van der Waals surface area contributed by atoms with Crippen LogP contribution in [0.2, 0.25) is 0 Å². The van der Waals surface area contributed by atoms with Crippen LogP contribution in [0.5, 0.6) is 5.88 Å². The Kier molecular flexibility index (Phi) is 5.31. The van der Waals surface area contributed by atoms with Crippen LogP contribution in [0, 0.1) is 0 Å². The van der Waals surface area contributed by atoms with E-state index in [9.17, 15) is 14.7 Å². The summed E-state index contributed by atoms with van der Waals surface area (Å²) in [7, 11) is 0. The average Bonchev–Trinajstić information content (AvgIpc) is 3.37. The molecule has 0 aliphatic carbocycles. The van der Waals surface area contributed by atoms with Crippen LogP contribution in [-0.2, 0) is 9.53 Å². The molecule has 1 amide bonds. The smallest absolute Gasteiger partial charge is 0.411 e. The molecule has 0 spiro atoms. The molecule has 8 nitrogen and oxygen atoms in total. The summed E-state index contributed by atoms with van der Waals surface area (Å²) in [4.78, 5) is 30.2. The summed E-state index contributed by atoms with van der Waals surface area (Å²) in [5.41, 5.74) is 0.760. The van der Waals surface area contributed by atoms with Gasteiger partial charge in [0.05, 0.1) is 24.8 Å². The summed E-state index contributed by atoms with van der Waals surface area (Å²) in [5, 5.41) is 11.4. The number of hydrogen-bond acceptors (Lipinski definition) is 6. The van der Waals surface area contributed by atoms with Gasteiger partial charge in [0.25, 0.3) is 0 Å². The number of amides is 1. The fraction of sp³-hybridized carbons (Fsp3) is 0.348. The molecule has 162 valence electrons. The molecule has 1 N–H and O–H groups in total. The number of aromatic nitrogens is 1. The zero-order chi connectivity index (χ0) is 22.2. The Morgan fingerprint density at radius 2 is 2.00 bits per heavy atom. The molecular formula is C23H24N2O6. The summed E-state index contributed by atoms with van der Waals surface area (Å²) < 4.78 is 16.7. The van der Waals surface area contributed by atoms with Gasteiger partial charge >= 0.3 is 12.1 Å². The molecule has 3 heterocycles. The normalized spacial score (nSPS) is 18.9. The summed E-state index contributed by atoms with van der Waals surface area (Å²) in [6, 6.07) is 10.4. The Hall–Kier alpha value is -3.55. The van der Waals surface area contributed by atoms with Crippen molar-refractivity contribution >= 4 is 22.8 Å². The summed E-state index contributed by atoms with van der Waals surface area (Å²) in [5.74, 6) is -0.712. The first kappa shape index (κ1) is 20.7. The van der Waals surface area contributed by atoms with Crippen molar-refractivity contribution in [2.24, 2.45) is 0 Å². The van der Waals surface area contributed by atoms with Gasteiger partial charge in [-0.15, -0.1) is 0 Å². The fourth-order valence-electron chi connectivity index (χ4n) is 3.61. The number of carboxylic acid groups (broad SMARTS) is 1. The highest BCUT2D eigenvalue weighted by Crippen LogP contribution is 2.32. The second-order valence-electron chi connectivity index (χ2n) is 8.51. The van der Waals surface area contributed by atoms with Gasteiger partial charge in [-0.05, 0) is 44.4 Å². The van der Waals surface area contributed by atoms with Gasteiger partial charge in [-0.3, -0.25) is 4.90 Å². The number of nitrogens with zero attached hydrogens (tertiary/aromatic N) is 2. The minimum atomic E-state index is -1.10. The van der Waals surface area contributed by atoms with Gasteiger partial charge in [-0.2, -0.15) is 0 Å². The number of carbonyl (C=O) groups excluding carboxylic acids is 1. The number of fused-ring (bicyclic) bond motifs is 1. The molecule has 1 aliphatic heterocycles. The van der Waals surface area contributed by atoms with Gasteiger partial charge in [0.2, 0.25) is 5.88 Å². The van der Waals surface area contributed by atoms with Crippen molar-refractivity contribution in [2.75, 3.05) is 6.54 Å². The van der Waals surface area contributed by atoms with Crippen LogP contribution in [0.4, 0.5) is 4.79 Å². The maximum atomic E-state index is 12.6. The van der Waals surface area contributed by atoms with Crippen molar-refractivity contribution in [3.8, 4) is 17.1 Å². The predicted octanol–water partition coefficient (Wildman–Crippen LogP) is 4.34. The third-order valence-electron chi connectivity index (χ3n) is 4.98. The highest BCUT2D eigenvalue weighted by atomic mass is 16.6. The Balaban J connectivity index is 1.63. The third-order valence-corrected chi connectivity index (χ3v) is 4.98. The van der Waals surface area contributed by atoms with Gasteiger partial charge < -0.3 is 19.0 Å². The first-order valence-electron chi connectivity index (χ1n) is 10.0. The lowest BCUT2D eigenvalue weighted by atomic mass is 10.1. The number of ether oxygens (including phenoxy) is 2. The average molecular weight is 424 g/mol. The zero-order valence-electron chi connectivity index (χ0n) is 17.6. The summed E-state index contributed by atoms with van der Waals surface area (Å²) >= 11 is 0. The van der Waals surface area contributed by atoms with E-state index in [1.54, 1.807) is 39.4 Å². The number of aliphatic carboxylic acids is 1. The highest BCUT2D eigenvalue weighted by molar-refractivity contribution is 5.90. The van der Waals surface area contributed by atoms with Gasteiger partial charge in [0.15, 0.2) is 0 Å². The Labute approximate surface area is 179 Å². The molecule has 1 aromatic carbocycles. The molecule has 0 radical (unpaired) electrons. The zero-order valence-corrected chi connectivity index (χ0v) is 17.6. The largest absolute Gasteiger partial charge is 0.480 e. The minimum Gasteiger partial charge on any atom is -0.480 e. The molecular weight excluding hydrogens is 400 g/mol. The van der Waals surface area contributed by atoms with E-state index in [1.807, 2.05) is 30.3 Å². The van der Waals surface area contributed by atoms with E-state index in [1.165, 1.54) is 4.90 Å². The van der Waals surface area contributed by atoms with Crippen molar-refractivity contribution in [1.29, 1.82) is 0 Å². The first-order valence-corrected chi connectivity index (χ1v) is 10.0. The van der Waals surface area contributed by atoms with Crippen molar-refractivity contribution < 1.29 is 28.6 Å². The molecule has 2 atom stereocenters. The Morgan fingerprint density at radius 3 is 2.68 bits per heavy atom. The molecule has 0 saturated carbocycles. The maximum absolute atomic E-state index is 12.6. The van der Waals surface area contributed by atoms with Gasteiger partial charge in [-0.25, -0.2) is 14.6 Å². The number of benzene rings is 1. The van der Waals surface area contributed by atoms with Crippen LogP contribution >= 0.6 is 0 Å². The molecule has 3 aromatic rings. The molecule has 1 saturated heterocycles. The first-order chi connectivity index (χ1) is 14.7. The Morgan fingerprint density at radius 1 is 1.23 bits per heavy atom. The second kappa shape index (κ2) is 7.94. The van der Waals surface area contributed by atoms with Crippen LogP contribution in [0.15, 0.2) is 53.3 Å². The molecule has 1 aliphatic rings. The summed E-state index contributed by atoms with van der Waals surface area (Å²) in [6.45, 7) is 5.31. The van der Waals surface area contributed by atoms with Crippen molar-refractivity contribution in [3.63, 3.8) is 0 Å². The van der Waals surface area contributed by atoms with Gasteiger partial charge in [0.1, 0.15) is 17.7 Å². The lowest BCUT2D eigenvalue weighted by Gasteiger charge is -2.26. The number of hydrogen-bond donors (Lipinski definition) is 1. The van der Waals surface area contributed by atoms with E-state index in [-0.39, 0.29) is 13.0 Å². The monoisotopic (exact) mass is 424 g/mol. The summed E-state index contributed by atoms with van der Waals surface area (Å²) in [6.07, 6.45) is 2.10. The topological polar surface area (TPSA) is 102 Å². The highest BCUT2D eigenvalue weighted by Gasteiger charge is 2.43. The van der Waals surface area contributed by atoms with Crippen molar-refractivity contribution in [3.05, 3.63) is 48.9 Å². The number of furan rings is 1. The van der Waals surface area contributed by atoms with E-state index in [0.29, 0.717) is 11.6 Å². The number of carboxylic acids is 1. The molecule has 1 fully saturated rings. The van der Waals surface area contributed by atoms with Crippen molar-refractivity contribution in [1.82, 2.24) is 9.88 Å². The van der Waals surface area contributed by atoms with Crippen LogP contribution in [0.25, 0.3) is 22.0 Å². The lowest BCUT2D eigenvalue weighted by molar-refractivity contribution is -0.142. The second-order valence-corrected chi connectivity index (χ2v) is 8.51. The van der Waals surface area contributed by atoms with Gasteiger partial charge in [0, 0.05) is 17.4 Å². The molecule has 0 bridgehead atoms. The van der Waals surface area contributed by atoms with Crippen LogP contribution in [-0.4, -0.2) is 51.3 Å². The van der Waals surface area contributed by atoms with E-state index >= 15 is 0 Å². The molecule has 0 unspecified atom stereocenters. The van der Waals surface area contributed by atoms with Crippen LogP contribution < -0.4 is 4.74 Å². The lowest BCUT2D eigenvalue weighted by Crippen LogP contribution is -2.43. The third kappa shape index (κ3) is 4.47. The molecule has 8 heteroatoms.